The second-order valence-electron chi connectivity index (χ2n) is 11.8. The number of hydrogen-bond acceptors (Lipinski definition) is 6. The predicted molar refractivity (Wildman–Crippen MR) is 122 cm³/mol. The zero-order valence-corrected chi connectivity index (χ0v) is 20.7. The van der Waals surface area contributed by atoms with Crippen molar-refractivity contribution in [3.8, 4) is 0 Å². The maximum absolute atomic E-state index is 13.6. The first-order chi connectivity index (χ1) is 14.4. The maximum Gasteiger partial charge on any atom is 0.145 e. The molecule has 1 saturated carbocycles. The Balaban J connectivity index is 1.55. The second kappa shape index (κ2) is 9.58. The molecule has 3 aliphatic rings. The first-order valence-electron chi connectivity index (χ1n) is 12.2. The highest BCUT2D eigenvalue weighted by molar-refractivity contribution is 5.92. The van der Waals surface area contributed by atoms with E-state index in [1.54, 1.807) is 0 Å². The minimum atomic E-state index is -0.402. The van der Waals surface area contributed by atoms with Gasteiger partial charge >= 0.3 is 0 Å². The highest BCUT2D eigenvalue weighted by Crippen LogP contribution is 2.52. The van der Waals surface area contributed by atoms with E-state index in [0.29, 0.717) is 24.6 Å². The van der Waals surface area contributed by atoms with Crippen LogP contribution in [0.5, 0.6) is 0 Å². The summed E-state index contributed by atoms with van der Waals surface area (Å²) in [6.07, 6.45) is 3.37. The van der Waals surface area contributed by atoms with Gasteiger partial charge in [-0.2, -0.15) is 0 Å². The summed E-state index contributed by atoms with van der Waals surface area (Å²) >= 11 is 0. The van der Waals surface area contributed by atoms with E-state index in [-0.39, 0.29) is 23.0 Å². The minimum Gasteiger partial charge on any atom is -0.379 e. The van der Waals surface area contributed by atoms with Crippen molar-refractivity contribution in [2.24, 2.45) is 16.2 Å². The number of nitrogens with zero attached hydrogens (tertiary/aromatic N) is 2. The van der Waals surface area contributed by atoms with Crippen LogP contribution in [0, 0.1) is 16.2 Å². The third-order valence-corrected chi connectivity index (χ3v) is 7.43. The molecule has 2 aliphatic heterocycles. The van der Waals surface area contributed by atoms with Crippen molar-refractivity contribution in [2.45, 2.75) is 79.4 Å². The quantitative estimate of drug-likeness (QED) is 0.553. The molecule has 3 rings (SSSR count). The van der Waals surface area contributed by atoms with Crippen LogP contribution >= 0.6 is 0 Å². The van der Waals surface area contributed by atoms with Crippen LogP contribution in [0.2, 0.25) is 0 Å². The van der Waals surface area contributed by atoms with Gasteiger partial charge in [-0.1, -0.05) is 34.6 Å². The van der Waals surface area contributed by atoms with Crippen LogP contribution in [0.3, 0.4) is 0 Å². The lowest BCUT2D eigenvalue weighted by Gasteiger charge is -2.40. The van der Waals surface area contributed by atoms with Crippen molar-refractivity contribution >= 4 is 11.6 Å². The summed E-state index contributed by atoms with van der Waals surface area (Å²) in [6, 6.07) is 0.202. The second-order valence-corrected chi connectivity index (χ2v) is 11.8. The Bertz CT molecular complexity index is 644. The van der Waals surface area contributed by atoms with Crippen molar-refractivity contribution in [2.75, 3.05) is 52.5 Å². The topological polar surface area (TPSA) is 59.1 Å². The molecule has 2 heterocycles. The Morgan fingerprint density at radius 3 is 2.26 bits per heavy atom. The number of rotatable bonds is 9. The molecule has 2 saturated heterocycles. The monoisotopic (exact) mass is 436 g/mol. The number of Topliss-reactive ketones (excluding diaryl/α,β-unsaturated/α-hetero) is 2. The predicted octanol–water partition coefficient (Wildman–Crippen LogP) is 3.18. The fraction of sp³-hybridized carbons (Fsp3) is 0.920. The van der Waals surface area contributed by atoms with E-state index in [4.69, 9.17) is 9.47 Å². The molecule has 0 spiro atoms. The lowest BCUT2D eigenvalue weighted by Crippen LogP contribution is -2.50. The summed E-state index contributed by atoms with van der Waals surface area (Å²) in [5.41, 5.74) is -0.865. The average Bonchev–Trinajstić information content (AvgIpc) is 3.47. The van der Waals surface area contributed by atoms with Crippen molar-refractivity contribution in [1.29, 1.82) is 0 Å². The average molecular weight is 437 g/mol. The standard InChI is InChI=1S/C25H44N2O4/c1-19(15-21(28)23(2,3)4)27-11-14-31-20(17-27)16-24(5,6)22(29)25(7-8-25)18-26-9-12-30-13-10-26/h19-20H,7-18H2,1-6H3. The SMILES string of the molecule is CC(CC(=O)C(C)(C)C)N1CCOC(CC(C)(C)C(=O)C2(CN3CCOCC3)CC2)C1. The lowest BCUT2D eigenvalue weighted by atomic mass is 9.75. The van der Waals surface area contributed by atoms with E-state index in [1.165, 1.54) is 0 Å². The van der Waals surface area contributed by atoms with Gasteiger partial charge in [0.05, 0.1) is 25.9 Å². The summed E-state index contributed by atoms with van der Waals surface area (Å²) in [4.78, 5) is 30.9. The molecule has 0 aromatic heterocycles. The molecule has 2 atom stereocenters. The van der Waals surface area contributed by atoms with Gasteiger partial charge in [-0.15, -0.1) is 0 Å². The molecular formula is C25H44N2O4. The van der Waals surface area contributed by atoms with Gasteiger partial charge < -0.3 is 9.47 Å². The van der Waals surface area contributed by atoms with Crippen LogP contribution in [0.4, 0.5) is 0 Å². The molecule has 1 aliphatic carbocycles. The van der Waals surface area contributed by atoms with Gasteiger partial charge in [0.15, 0.2) is 0 Å². The van der Waals surface area contributed by atoms with Crippen LogP contribution < -0.4 is 0 Å². The number of carbonyl (C=O) groups is 2. The molecule has 0 radical (unpaired) electrons. The van der Waals surface area contributed by atoms with Gasteiger partial charge in [0, 0.05) is 61.4 Å². The number of ketones is 2. The van der Waals surface area contributed by atoms with Crippen LogP contribution in [0.15, 0.2) is 0 Å². The fourth-order valence-corrected chi connectivity index (χ4v) is 5.14. The highest BCUT2D eigenvalue weighted by atomic mass is 16.5. The van der Waals surface area contributed by atoms with E-state index in [2.05, 4.69) is 30.6 Å². The van der Waals surface area contributed by atoms with E-state index >= 15 is 0 Å². The van der Waals surface area contributed by atoms with Gasteiger partial charge in [0.1, 0.15) is 11.6 Å². The highest BCUT2D eigenvalue weighted by Gasteiger charge is 2.55. The Kier molecular flexibility index (Phi) is 7.67. The minimum absolute atomic E-state index is 0.0408. The first kappa shape index (κ1) is 24.8. The molecular weight excluding hydrogens is 392 g/mol. The number of ether oxygens (including phenoxy) is 2. The van der Waals surface area contributed by atoms with Gasteiger partial charge in [0.25, 0.3) is 0 Å². The van der Waals surface area contributed by atoms with Crippen LogP contribution in [0.1, 0.15) is 67.2 Å². The van der Waals surface area contributed by atoms with E-state index in [0.717, 1.165) is 65.2 Å². The van der Waals surface area contributed by atoms with Crippen molar-refractivity contribution in [1.82, 2.24) is 9.80 Å². The molecule has 2 unspecified atom stereocenters. The van der Waals surface area contributed by atoms with E-state index < -0.39 is 5.41 Å². The van der Waals surface area contributed by atoms with Crippen molar-refractivity contribution in [3.63, 3.8) is 0 Å². The summed E-state index contributed by atoms with van der Waals surface area (Å²) in [6.45, 7) is 18.9. The van der Waals surface area contributed by atoms with Gasteiger partial charge in [-0.3, -0.25) is 19.4 Å². The fourth-order valence-electron chi connectivity index (χ4n) is 5.14. The van der Waals surface area contributed by atoms with E-state index in [1.807, 2.05) is 20.8 Å². The first-order valence-corrected chi connectivity index (χ1v) is 12.2. The third kappa shape index (κ3) is 6.37. The molecule has 0 N–H and O–H groups in total. The zero-order chi connectivity index (χ0) is 22.9. The summed E-state index contributed by atoms with van der Waals surface area (Å²) < 4.78 is 11.6. The summed E-state index contributed by atoms with van der Waals surface area (Å²) in [7, 11) is 0. The molecule has 31 heavy (non-hydrogen) atoms. The van der Waals surface area contributed by atoms with Crippen molar-refractivity contribution in [3.05, 3.63) is 0 Å². The zero-order valence-electron chi connectivity index (χ0n) is 20.7. The number of carbonyl (C=O) groups excluding carboxylic acids is 2. The van der Waals surface area contributed by atoms with Gasteiger partial charge in [0.2, 0.25) is 0 Å². The number of morpholine rings is 2. The Morgan fingerprint density at radius 2 is 1.68 bits per heavy atom. The maximum atomic E-state index is 13.6. The Hall–Kier alpha value is -0.820. The third-order valence-electron chi connectivity index (χ3n) is 7.43. The Morgan fingerprint density at radius 1 is 1.03 bits per heavy atom. The molecule has 6 heteroatoms. The van der Waals surface area contributed by atoms with E-state index in [9.17, 15) is 9.59 Å². The molecule has 0 amide bonds. The summed E-state index contributed by atoms with van der Waals surface area (Å²) in [5.74, 6) is 0.709. The normalized spacial score (nSPS) is 26.5. The molecule has 178 valence electrons. The largest absolute Gasteiger partial charge is 0.379 e. The molecule has 3 fully saturated rings. The van der Waals surface area contributed by atoms with Gasteiger partial charge in [-0.05, 0) is 26.2 Å². The molecule has 6 nitrogen and oxygen atoms in total. The van der Waals surface area contributed by atoms with Crippen LogP contribution in [-0.4, -0.2) is 86.1 Å². The summed E-state index contributed by atoms with van der Waals surface area (Å²) in [5, 5.41) is 0. The van der Waals surface area contributed by atoms with Crippen LogP contribution in [-0.2, 0) is 19.1 Å². The lowest BCUT2D eigenvalue weighted by molar-refractivity contribution is -0.138. The molecule has 0 bridgehead atoms. The molecule has 0 aromatic rings. The van der Waals surface area contributed by atoms with Crippen LogP contribution in [0.25, 0.3) is 0 Å². The smallest absolute Gasteiger partial charge is 0.145 e. The molecule has 0 aromatic carbocycles. The van der Waals surface area contributed by atoms with Crippen molar-refractivity contribution < 1.29 is 19.1 Å². The number of hydrogen-bond donors (Lipinski definition) is 0. The Labute approximate surface area is 189 Å². The van der Waals surface area contributed by atoms with Gasteiger partial charge in [-0.25, -0.2) is 0 Å².